The Morgan fingerprint density at radius 3 is 2.63 bits per heavy atom. The normalized spacial score (nSPS) is 13.3. The molecule has 8 heteroatoms. The van der Waals surface area contributed by atoms with Crippen LogP contribution in [0.3, 0.4) is 0 Å². The van der Waals surface area contributed by atoms with Gasteiger partial charge in [0.05, 0.1) is 0 Å². The van der Waals surface area contributed by atoms with Gasteiger partial charge in [0.25, 0.3) is 5.91 Å². The zero-order chi connectivity index (χ0) is 19.2. The second-order valence-corrected chi connectivity index (χ2v) is 6.24. The van der Waals surface area contributed by atoms with Gasteiger partial charge in [-0.2, -0.15) is 0 Å². The van der Waals surface area contributed by atoms with Crippen molar-refractivity contribution in [1.82, 2.24) is 15.2 Å². The molecule has 1 aliphatic heterocycles. The monoisotopic (exact) mass is 368 g/mol. The molecule has 0 aliphatic carbocycles. The second-order valence-electron chi connectivity index (χ2n) is 6.24. The van der Waals surface area contributed by atoms with Crippen LogP contribution in [0.2, 0.25) is 0 Å². The first-order chi connectivity index (χ1) is 13.0. The van der Waals surface area contributed by atoms with E-state index in [4.69, 9.17) is 5.11 Å². The zero-order valence-electron chi connectivity index (χ0n) is 14.6. The van der Waals surface area contributed by atoms with Crippen molar-refractivity contribution >= 4 is 23.6 Å². The van der Waals surface area contributed by atoms with Gasteiger partial charge in [0, 0.05) is 37.1 Å². The molecule has 1 aromatic carbocycles. The van der Waals surface area contributed by atoms with Crippen molar-refractivity contribution in [3.8, 4) is 0 Å². The molecule has 1 saturated heterocycles. The summed E-state index contributed by atoms with van der Waals surface area (Å²) in [6.07, 6.45) is 3.34. The number of hydrogen-bond donors (Lipinski definition) is 3. The van der Waals surface area contributed by atoms with Gasteiger partial charge in [0.15, 0.2) is 0 Å². The van der Waals surface area contributed by atoms with Crippen molar-refractivity contribution < 1.29 is 19.5 Å². The molecule has 0 unspecified atom stereocenters. The highest BCUT2D eigenvalue weighted by molar-refractivity contribution is 5.96. The Labute approximate surface area is 156 Å². The topological polar surface area (TPSA) is 112 Å². The van der Waals surface area contributed by atoms with Gasteiger partial charge < -0.3 is 20.6 Å². The fraction of sp³-hybridized carbons (Fsp3) is 0.263. The summed E-state index contributed by atoms with van der Waals surface area (Å²) in [5.41, 5.74) is 1.51. The SMILES string of the molecule is O=C(NCc1cccc(NC(=O)N2CCCC2)c1)c1ccnc(C(=O)O)c1. The van der Waals surface area contributed by atoms with Crippen molar-refractivity contribution in [3.63, 3.8) is 0 Å². The first-order valence-electron chi connectivity index (χ1n) is 8.65. The van der Waals surface area contributed by atoms with Gasteiger partial charge in [-0.15, -0.1) is 0 Å². The Morgan fingerprint density at radius 1 is 1.11 bits per heavy atom. The van der Waals surface area contributed by atoms with E-state index in [1.807, 2.05) is 6.07 Å². The Balaban J connectivity index is 1.59. The molecule has 1 fully saturated rings. The number of carboxylic acid groups (broad SMARTS) is 1. The lowest BCUT2D eigenvalue weighted by Crippen LogP contribution is -2.32. The minimum Gasteiger partial charge on any atom is -0.477 e. The molecule has 2 aromatic rings. The average molecular weight is 368 g/mol. The van der Waals surface area contributed by atoms with Gasteiger partial charge in [-0.1, -0.05) is 12.1 Å². The molecule has 0 bridgehead atoms. The number of carbonyl (C=O) groups excluding carboxylic acids is 2. The largest absolute Gasteiger partial charge is 0.477 e. The van der Waals surface area contributed by atoms with Crippen molar-refractivity contribution in [1.29, 1.82) is 0 Å². The predicted octanol–water partition coefficient (Wildman–Crippen LogP) is 2.34. The molecule has 3 rings (SSSR count). The maximum absolute atomic E-state index is 12.2. The quantitative estimate of drug-likeness (QED) is 0.750. The first-order valence-corrected chi connectivity index (χ1v) is 8.65. The van der Waals surface area contributed by atoms with E-state index in [1.165, 1.54) is 18.3 Å². The Hall–Kier alpha value is -3.42. The van der Waals surface area contributed by atoms with Crippen LogP contribution in [-0.4, -0.2) is 46.0 Å². The van der Waals surface area contributed by atoms with Gasteiger partial charge in [0.1, 0.15) is 5.69 Å². The molecular weight excluding hydrogens is 348 g/mol. The minimum absolute atomic E-state index is 0.119. The molecule has 27 heavy (non-hydrogen) atoms. The Morgan fingerprint density at radius 2 is 1.89 bits per heavy atom. The summed E-state index contributed by atoms with van der Waals surface area (Å²) < 4.78 is 0. The van der Waals surface area contributed by atoms with Crippen LogP contribution in [0.15, 0.2) is 42.6 Å². The smallest absolute Gasteiger partial charge is 0.354 e. The summed E-state index contributed by atoms with van der Waals surface area (Å²) in [5.74, 6) is -1.59. The summed E-state index contributed by atoms with van der Waals surface area (Å²) in [6, 6.07) is 9.78. The van der Waals surface area contributed by atoms with Crippen LogP contribution in [0.5, 0.6) is 0 Å². The summed E-state index contributed by atoms with van der Waals surface area (Å²) in [5, 5.41) is 14.5. The summed E-state index contributed by atoms with van der Waals surface area (Å²) in [6.45, 7) is 1.79. The highest BCUT2D eigenvalue weighted by Gasteiger charge is 2.17. The second kappa shape index (κ2) is 8.31. The third-order valence-corrected chi connectivity index (χ3v) is 4.27. The number of hydrogen-bond acceptors (Lipinski definition) is 4. The number of aromatic nitrogens is 1. The highest BCUT2D eigenvalue weighted by Crippen LogP contribution is 2.14. The average Bonchev–Trinajstić information content (AvgIpc) is 3.21. The summed E-state index contributed by atoms with van der Waals surface area (Å²) >= 11 is 0. The minimum atomic E-state index is -1.19. The highest BCUT2D eigenvalue weighted by atomic mass is 16.4. The molecular formula is C19H20N4O4. The van der Waals surface area contributed by atoms with Gasteiger partial charge in [-0.25, -0.2) is 14.6 Å². The first kappa shape index (κ1) is 18.4. The van der Waals surface area contributed by atoms with E-state index in [0.717, 1.165) is 31.5 Å². The van der Waals surface area contributed by atoms with E-state index < -0.39 is 11.9 Å². The van der Waals surface area contributed by atoms with Crippen LogP contribution < -0.4 is 10.6 Å². The zero-order valence-corrected chi connectivity index (χ0v) is 14.6. The molecule has 0 saturated carbocycles. The third-order valence-electron chi connectivity index (χ3n) is 4.27. The standard InChI is InChI=1S/C19H20N4O4/c24-17(14-6-7-20-16(11-14)18(25)26)21-12-13-4-3-5-15(10-13)22-19(27)23-8-1-2-9-23/h3-7,10-11H,1-2,8-9,12H2,(H,21,24)(H,22,27)(H,25,26). The van der Waals surface area contributed by atoms with Crippen LogP contribution in [0.25, 0.3) is 0 Å². The number of carboxylic acids is 1. The molecule has 3 N–H and O–H groups in total. The number of benzene rings is 1. The Bertz CT molecular complexity index is 862. The van der Waals surface area contributed by atoms with E-state index in [0.29, 0.717) is 5.69 Å². The number of likely N-dealkylation sites (tertiary alicyclic amines) is 1. The predicted molar refractivity (Wildman–Crippen MR) is 98.6 cm³/mol. The molecule has 0 radical (unpaired) electrons. The van der Waals surface area contributed by atoms with E-state index in [2.05, 4.69) is 15.6 Å². The van der Waals surface area contributed by atoms with Gasteiger partial charge in [-0.3, -0.25) is 4.79 Å². The van der Waals surface area contributed by atoms with Crippen LogP contribution in [0.1, 0.15) is 39.3 Å². The third kappa shape index (κ3) is 4.81. The molecule has 0 spiro atoms. The number of amides is 3. The van der Waals surface area contributed by atoms with Crippen molar-refractivity contribution in [2.45, 2.75) is 19.4 Å². The molecule has 0 atom stereocenters. The molecule has 140 valence electrons. The molecule has 2 heterocycles. The summed E-state index contributed by atoms with van der Waals surface area (Å²) in [4.78, 5) is 40.8. The van der Waals surface area contributed by atoms with Crippen LogP contribution in [0, 0.1) is 0 Å². The number of urea groups is 1. The number of aromatic carboxylic acids is 1. The van der Waals surface area contributed by atoms with Gasteiger partial charge >= 0.3 is 12.0 Å². The number of nitrogens with one attached hydrogen (secondary N) is 2. The van der Waals surface area contributed by atoms with Crippen LogP contribution >= 0.6 is 0 Å². The number of carbonyl (C=O) groups is 3. The van der Waals surface area contributed by atoms with E-state index in [-0.39, 0.29) is 23.8 Å². The number of rotatable bonds is 5. The number of pyridine rings is 1. The van der Waals surface area contributed by atoms with E-state index in [9.17, 15) is 14.4 Å². The summed E-state index contributed by atoms with van der Waals surface area (Å²) in [7, 11) is 0. The fourth-order valence-corrected chi connectivity index (χ4v) is 2.85. The number of anilines is 1. The lowest BCUT2D eigenvalue weighted by molar-refractivity contribution is 0.0690. The lowest BCUT2D eigenvalue weighted by atomic mass is 10.1. The van der Waals surface area contributed by atoms with Gasteiger partial charge in [0.2, 0.25) is 0 Å². The van der Waals surface area contributed by atoms with Gasteiger partial charge in [-0.05, 0) is 42.7 Å². The van der Waals surface area contributed by atoms with Crippen LogP contribution in [-0.2, 0) is 6.54 Å². The fourth-order valence-electron chi connectivity index (χ4n) is 2.85. The molecule has 1 aromatic heterocycles. The number of nitrogens with zero attached hydrogens (tertiary/aromatic N) is 2. The molecule has 8 nitrogen and oxygen atoms in total. The van der Waals surface area contributed by atoms with Crippen molar-refractivity contribution in [2.24, 2.45) is 0 Å². The van der Waals surface area contributed by atoms with Crippen LogP contribution in [0.4, 0.5) is 10.5 Å². The molecule has 3 amide bonds. The van der Waals surface area contributed by atoms with Crippen molar-refractivity contribution in [2.75, 3.05) is 18.4 Å². The lowest BCUT2D eigenvalue weighted by Gasteiger charge is -2.16. The van der Waals surface area contributed by atoms with E-state index in [1.54, 1.807) is 23.1 Å². The van der Waals surface area contributed by atoms with E-state index >= 15 is 0 Å². The molecule has 1 aliphatic rings. The van der Waals surface area contributed by atoms with Crippen molar-refractivity contribution in [3.05, 3.63) is 59.4 Å². The maximum atomic E-state index is 12.2. The maximum Gasteiger partial charge on any atom is 0.354 e. The Kier molecular flexibility index (Phi) is 5.65.